The molecule has 182 valence electrons. The van der Waals surface area contributed by atoms with Crippen LogP contribution in [0.2, 0.25) is 0 Å². The van der Waals surface area contributed by atoms with E-state index in [0.29, 0.717) is 0 Å². The first-order valence-corrected chi connectivity index (χ1v) is 15.6. The third-order valence-electron chi connectivity index (χ3n) is 7.98. The van der Waals surface area contributed by atoms with Crippen LogP contribution in [0, 0.1) is 0 Å². The van der Waals surface area contributed by atoms with Gasteiger partial charge in [0.05, 0.1) is 0 Å². The average molecular weight is 549 g/mol. The van der Waals surface area contributed by atoms with Gasteiger partial charge in [0.25, 0.3) is 0 Å². The fourth-order valence-electron chi connectivity index (χ4n) is 6.23. The molecule has 3 aromatic heterocycles. The summed E-state index contributed by atoms with van der Waals surface area (Å²) >= 11 is 5.58. The minimum absolute atomic E-state index is 1.29. The van der Waals surface area contributed by atoms with Gasteiger partial charge in [0.15, 0.2) is 0 Å². The Morgan fingerprint density at radius 1 is 0.385 bits per heavy atom. The van der Waals surface area contributed by atoms with Gasteiger partial charge in [-0.05, 0) is 102 Å². The summed E-state index contributed by atoms with van der Waals surface area (Å²) in [4.78, 5) is 2.65. The van der Waals surface area contributed by atoms with E-state index in [-0.39, 0.29) is 0 Å². The maximum Gasteiger partial charge on any atom is 0.0368 e. The predicted molar refractivity (Wildman–Crippen MR) is 176 cm³/mol. The van der Waals surface area contributed by atoms with Crippen molar-refractivity contribution in [1.82, 2.24) is 0 Å². The lowest BCUT2D eigenvalue weighted by atomic mass is 9.91. The number of hydrogen-bond acceptors (Lipinski definition) is 3. The normalized spacial score (nSPS) is 12.1. The molecule has 6 aromatic carbocycles. The summed E-state index contributed by atoms with van der Waals surface area (Å²) in [5, 5.41) is 17.7. The Kier molecular flexibility index (Phi) is 4.62. The monoisotopic (exact) mass is 548 g/mol. The molecule has 0 fully saturated rings. The second kappa shape index (κ2) is 8.24. The quantitative estimate of drug-likeness (QED) is 0.188. The van der Waals surface area contributed by atoms with Gasteiger partial charge < -0.3 is 0 Å². The molecule has 9 aromatic rings. The molecule has 0 N–H and O–H groups in total. The van der Waals surface area contributed by atoms with Crippen LogP contribution in [0.3, 0.4) is 0 Å². The van der Waals surface area contributed by atoms with Crippen molar-refractivity contribution >= 4 is 97.3 Å². The van der Waals surface area contributed by atoms with Crippen LogP contribution in [-0.4, -0.2) is 0 Å². The smallest absolute Gasteiger partial charge is 0.0368 e. The lowest BCUT2D eigenvalue weighted by molar-refractivity contribution is 1.79. The van der Waals surface area contributed by atoms with Crippen molar-refractivity contribution in [3.63, 3.8) is 0 Å². The van der Waals surface area contributed by atoms with E-state index in [1.165, 1.54) is 84.1 Å². The van der Waals surface area contributed by atoms with E-state index in [4.69, 9.17) is 0 Å². The van der Waals surface area contributed by atoms with E-state index in [1.807, 2.05) is 34.0 Å². The van der Waals surface area contributed by atoms with Crippen LogP contribution >= 0.6 is 34.0 Å². The van der Waals surface area contributed by atoms with Gasteiger partial charge in [0.1, 0.15) is 0 Å². The Labute approximate surface area is 237 Å². The number of thiophene rings is 3. The van der Waals surface area contributed by atoms with E-state index < -0.39 is 0 Å². The van der Waals surface area contributed by atoms with E-state index in [2.05, 4.69) is 120 Å². The van der Waals surface area contributed by atoms with E-state index in [1.54, 1.807) is 0 Å². The highest BCUT2D eigenvalue weighted by Gasteiger charge is 2.19. The molecule has 0 nitrogen and oxygen atoms in total. The largest absolute Gasteiger partial charge is 0.144 e. The summed E-state index contributed by atoms with van der Waals surface area (Å²) < 4.78 is 2.71. The zero-order valence-corrected chi connectivity index (χ0v) is 23.2. The Bertz CT molecular complexity index is 2200. The van der Waals surface area contributed by atoms with Crippen molar-refractivity contribution in [2.75, 3.05) is 0 Å². The topological polar surface area (TPSA) is 0 Å². The van der Waals surface area contributed by atoms with Gasteiger partial charge in [-0.3, -0.25) is 0 Å². The van der Waals surface area contributed by atoms with Crippen molar-refractivity contribution in [2.24, 2.45) is 0 Å². The summed E-state index contributed by atoms with van der Waals surface area (Å²) in [5.41, 5.74) is 2.66. The predicted octanol–water partition coefficient (Wildman–Crippen LogP) is 12.1. The van der Waals surface area contributed by atoms with Crippen molar-refractivity contribution in [3.8, 4) is 20.9 Å². The third-order valence-corrected chi connectivity index (χ3v) is 10.9. The number of hydrogen-bond donors (Lipinski definition) is 0. The standard InChI is InChI=1S/C36H20S3/c1-3-9-23-17-29-25(15-21(23)7-1)27(31-11-5-13-37-31)19-33-35(29)36-30-18-24-10-4-2-8-22(24)16-26(30)28(20-34(36)39-33)32-12-6-14-38-32/h1-20H. The molecule has 39 heavy (non-hydrogen) atoms. The second-order valence-electron chi connectivity index (χ2n) is 10.1. The summed E-state index contributed by atoms with van der Waals surface area (Å²) in [6.07, 6.45) is 0. The lowest BCUT2D eigenvalue weighted by Crippen LogP contribution is -1.85. The molecule has 3 heterocycles. The van der Waals surface area contributed by atoms with Gasteiger partial charge in [-0.15, -0.1) is 34.0 Å². The van der Waals surface area contributed by atoms with Crippen LogP contribution in [-0.2, 0) is 0 Å². The van der Waals surface area contributed by atoms with Gasteiger partial charge >= 0.3 is 0 Å². The molecule has 0 atom stereocenters. The van der Waals surface area contributed by atoms with E-state index >= 15 is 0 Å². The first-order chi connectivity index (χ1) is 19.3. The molecule has 0 radical (unpaired) electrons. The maximum absolute atomic E-state index is 2.45. The third kappa shape index (κ3) is 3.21. The van der Waals surface area contributed by atoms with Gasteiger partial charge in [-0.2, -0.15) is 0 Å². The summed E-state index contributed by atoms with van der Waals surface area (Å²) in [5.74, 6) is 0. The van der Waals surface area contributed by atoms with Crippen LogP contribution in [0.4, 0.5) is 0 Å². The zero-order valence-electron chi connectivity index (χ0n) is 20.8. The number of benzene rings is 6. The molecular formula is C36H20S3. The van der Waals surface area contributed by atoms with Crippen LogP contribution < -0.4 is 0 Å². The van der Waals surface area contributed by atoms with Gasteiger partial charge in [-0.1, -0.05) is 60.7 Å². The molecule has 0 unspecified atom stereocenters. The van der Waals surface area contributed by atoms with Gasteiger partial charge in [0.2, 0.25) is 0 Å². The Hall–Kier alpha value is -4.02. The minimum Gasteiger partial charge on any atom is -0.144 e. The molecule has 0 saturated carbocycles. The van der Waals surface area contributed by atoms with Gasteiger partial charge in [-0.25, -0.2) is 0 Å². The molecule has 0 aliphatic rings. The van der Waals surface area contributed by atoms with Crippen LogP contribution in [0.25, 0.3) is 84.1 Å². The van der Waals surface area contributed by atoms with Crippen molar-refractivity contribution in [1.29, 1.82) is 0 Å². The first-order valence-electron chi connectivity index (χ1n) is 13.1. The summed E-state index contributed by atoms with van der Waals surface area (Å²) in [6.45, 7) is 0. The highest BCUT2D eigenvalue weighted by molar-refractivity contribution is 7.26. The SMILES string of the molecule is c1csc(-c2cc3sc4cc(-c5cccs5)c5cc6ccccc6cc5c4c3c3cc4ccccc4cc23)c1. The first kappa shape index (κ1) is 21.9. The molecule has 0 aliphatic heterocycles. The second-order valence-corrected chi connectivity index (χ2v) is 13.1. The van der Waals surface area contributed by atoms with E-state index in [9.17, 15) is 0 Å². The molecular weight excluding hydrogens is 529 g/mol. The Morgan fingerprint density at radius 3 is 1.18 bits per heavy atom. The van der Waals surface area contributed by atoms with Crippen LogP contribution in [0.15, 0.2) is 120 Å². The number of rotatable bonds is 2. The van der Waals surface area contributed by atoms with Crippen molar-refractivity contribution < 1.29 is 0 Å². The molecule has 0 amide bonds. The highest BCUT2D eigenvalue weighted by atomic mass is 32.1. The highest BCUT2D eigenvalue weighted by Crippen LogP contribution is 2.49. The minimum atomic E-state index is 1.29. The molecule has 0 bridgehead atoms. The van der Waals surface area contributed by atoms with Crippen LogP contribution in [0.1, 0.15) is 0 Å². The molecule has 0 spiro atoms. The number of fused-ring (bicyclic) bond motifs is 9. The molecule has 3 heteroatoms. The summed E-state index contributed by atoms with van der Waals surface area (Å²) in [7, 11) is 0. The molecule has 0 aliphatic carbocycles. The summed E-state index contributed by atoms with van der Waals surface area (Å²) in [6, 6.07) is 40.9. The fraction of sp³-hybridized carbons (Fsp3) is 0. The zero-order chi connectivity index (χ0) is 25.5. The molecule has 0 saturated heterocycles. The van der Waals surface area contributed by atoms with Crippen molar-refractivity contribution in [2.45, 2.75) is 0 Å². The van der Waals surface area contributed by atoms with Crippen LogP contribution in [0.5, 0.6) is 0 Å². The lowest BCUT2D eigenvalue weighted by Gasteiger charge is -2.12. The average Bonchev–Trinajstić information content (AvgIpc) is 3.75. The maximum atomic E-state index is 2.45. The van der Waals surface area contributed by atoms with Gasteiger partial charge in [0, 0.05) is 41.1 Å². The Balaban J connectivity index is 1.54. The molecule has 9 rings (SSSR count). The Morgan fingerprint density at radius 2 is 0.795 bits per heavy atom. The van der Waals surface area contributed by atoms with E-state index in [0.717, 1.165) is 0 Å². The van der Waals surface area contributed by atoms with Crippen molar-refractivity contribution in [3.05, 3.63) is 120 Å². The fourth-order valence-corrected chi connectivity index (χ4v) is 8.97.